The van der Waals surface area contributed by atoms with Gasteiger partial charge in [-0.2, -0.15) is 0 Å². The van der Waals surface area contributed by atoms with Crippen LogP contribution in [0.2, 0.25) is 0 Å². The molecule has 1 aromatic heterocycles. The number of hydrogen-bond donors (Lipinski definition) is 2. The van der Waals surface area contributed by atoms with Gasteiger partial charge in [0.15, 0.2) is 0 Å². The van der Waals surface area contributed by atoms with Gasteiger partial charge in [0.05, 0.1) is 6.54 Å². The molecule has 1 heterocycles. The molecule has 0 spiro atoms. The van der Waals surface area contributed by atoms with Crippen LogP contribution in [0.5, 0.6) is 0 Å². The van der Waals surface area contributed by atoms with Crippen LogP contribution in [0.4, 0.5) is 0 Å². The molecule has 0 aliphatic heterocycles. The zero-order valence-electron chi connectivity index (χ0n) is 11.8. The lowest BCUT2D eigenvalue weighted by Gasteiger charge is -2.22. The molecule has 1 aromatic carbocycles. The SMILES string of the molecule is CS(=O)c1ccc(C(=O)NCC(C)(O)c2cccs2)cc1. The number of carbonyl (C=O) groups excluding carboxylic acids is 1. The zero-order valence-corrected chi connectivity index (χ0v) is 13.5. The smallest absolute Gasteiger partial charge is 0.251 e. The second-order valence-electron chi connectivity index (χ2n) is 4.91. The fraction of sp³-hybridized carbons (Fsp3) is 0.267. The summed E-state index contributed by atoms with van der Waals surface area (Å²) in [6.07, 6.45) is 1.59. The number of thiophene rings is 1. The first-order valence-electron chi connectivity index (χ1n) is 6.38. The summed E-state index contributed by atoms with van der Waals surface area (Å²) < 4.78 is 11.3. The van der Waals surface area contributed by atoms with Crippen LogP contribution in [0.25, 0.3) is 0 Å². The van der Waals surface area contributed by atoms with Gasteiger partial charge in [-0.1, -0.05) is 6.07 Å². The lowest BCUT2D eigenvalue weighted by molar-refractivity contribution is 0.0557. The molecule has 2 atom stereocenters. The molecule has 6 heteroatoms. The van der Waals surface area contributed by atoms with Crippen molar-refractivity contribution in [3.63, 3.8) is 0 Å². The summed E-state index contributed by atoms with van der Waals surface area (Å²) in [5.41, 5.74) is -0.611. The summed E-state index contributed by atoms with van der Waals surface area (Å²) in [4.78, 5) is 13.5. The van der Waals surface area contributed by atoms with Crippen LogP contribution in [0.15, 0.2) is 46.7 Å². The summed E-state index contributed by atoms with van der Waals surface area (Å²) in [6.45, 7) is 1.80. The monoisotopic (exact) mass is 323 g/mol. The first-order chi connectivity index (χ1) is 9.90. The van der Waals surface area contributed by atoms with Crippen LogP contribution >= 0.6 is 11.3 Å². The van der Waals surface area contributed by atoms with Gasteiger partial charge in [-0.05, 0) is 42.6 Å². The molecule has 2 rings (SSSR count). The van der Waals surface area contributed by atoms with Crippen molar-refractivity contribution in [1.82, 2.24) is 5.32 Å². The van der Waals surface area contributed by atoms with Crippen molar-refractivity contribution in [2.45, 2.75) is 17.4 Å². The van der Waals surface area contributed by atoms with Crippen molar-refractivity contribution in [3.8, 4) is 0 Å². The summed E-state index contributed by atoms with van der Waals surface area (Å²) in [5, 5.41) is 14.9. The van der Waals surface area contributed by atoms with Crippen LogP contribution in [-0.4, -0.2) is 28.0 Å². The molecule has 0 radical (unpaired) electrons. The fourth-order valence-corrected chi connectivity index (χ4v) is 3.13. The summed E-state index contributed by atoms with van der Waals surface area (Å²) in [6, 6.07) is 10.3. The van der Waals surface area contributed by atoms with Crippen molar-refractivity contribution in [1.29, 1.82) is 0 Å². The maximum Gasteiger partial charge on any atom is 0.251 e. The van der Waals surface area contributed by atoms with E-state index in [0.29, 0.717) is 10.5 Å². The Bertz CT molecular complexity index is 633. The minimum atomic E-state index is -1.09. The van der Waals surface area contributed by atoms with E-state index in [4.69, 9.17) is 0 Å². The quantitative estimate of drug-likeness (QED) is 0.886. The van der Waals surface area contributed by atoms with Gasteiger partial charge in [0, 0.05) is 32.4 Å². The van der Waals surface area contributed by atoms with E-state index in [1.54, 1.807) is 37.4 Å². The predicted molar refractivity (Wildman–Crippen MR) is 85.0 cm³/mol. The summed E-state index contributed by atoms with van der Waals surface area (Å²) in [7, 11) is -1.06. The van der Waals surface area contributed by atoms with Crippen molar-refractivity contribution >= 4 is 28.0 Å². The Labute approximate surface area is 130 Å². The van der Waals surface area contributed by atoms with Crippen LogP contribution in [0.3, 0.4) is 0 Å². The van der Waals surface area contributed by atoms with Crippen LogP contribution in [-0.2, 0) is 16.4 Å². The van der Waals surface area contributed by atoms with Crippen molar-refractivity contribution in [2.75, 3.05) is 12.8 Å². The molecule has 2 aromatic rings. The molecule has 2 unspecified atom stereocenters. The van der Waals surface area contributed by atoms with Gasteiger partial charge in [-0.15, -0.1) is 11.3 Å². The lowest BCUT2D eigenvalue weighted by Crippen LogP contribution is -2.38. The molecule has 0 aliphatic rings. The molecule has 112 valence electrons. The molecule has 0 saturated carbocycles. The van der Waals surface area contributed by atoms with Gasteiger partial charge in [-0.25, -0.2) is 0 Å². The van der Waals surface area contributed by atoms with E-state index in [2.05, 4.69) is 5.32 Å². The number of carbonyl (C=O) groups is 1. The average molecular weight is 323 g/mol. The topological polar surface area (TPSA) is 66.4 Å². The number of benzene rings is 1. The predicted octanol–water partition coefficient (Wildman–Crippen LogP) is 2.12. The van der Waals surface area contributed by atoms with E-state index >= 15 is 0 Å². The molecule has 1 amide bonds. The van der Waals surface area contributed by atoms with E-state index in [9.17, 15) is 14.1 Å². The molecule has 4 nitrogen and oxygen atoms in total. The number of rotatable bonds is 5. The molecule has 0 aliphatic carbocycles. The molecule has 0 saturated heterocycles. The number of amides is 1. The number of nitrogens with one attached hydrogen (secondary N) is 1. The second-order valence-corrected chi connectivity index (χ2v) is 7.24. The van der Waals surface area contributed by atoms with E-state index in [-0.39, 0.29) is 12.5 Å². The average Bonchev–Trinajstić information content (AvgIpc) is 3.00. The van der Waals surface area contributed by atoms with Gasteiger partial charge in [-0.3, -0.25) is 9.00 Å². The third kappa shape index (κ3) is 4.00. The van der Waals surface area contributed by atoms with Crippen molar-refractivity contribution < 1.29 is 14.1 Å². The molecule has 0 bridgehead atoms. The van der Waals surface area contributed by atoms with Gasteiger partial charge in [0.25, 0.3) is 5.91 Å². The maximum atomic E-state index is 12.0. The fourth-order valence-electron chi connectivity index (χ4n) is 1.82. The highest BCUT2D eigenvalue weighted by Crippen LogP contribution is 2.24. The van der Waals surface area contributed by atoms with Crippen LogP contribution in [0, 0.1) is 0 Å². The van der Waals surface area contributed by atoms with Gasteiger partial charge < -0.3 is 10.4 Å². The Morgan fingerprint density at radius 3 is 2.52 bits per heavy atom. The number of aliphatic hydroxyl groups is 1. The minimum absolute atomic E-state index is 0.133. The van der Waals surface area contributed by atoms with Crippen LogP contribution in [0.1, 0.15) is 22.2 Å². The third-order valence-electron chi connectivity index (χ3n) is 3.09. The minimum Gasteiger partial charge on any atom is -0.383 e. The molecular weight excluding hydrogens is 306 g/mol. The normalized spacial score (nSPS) is 15.2. The van der Waals surface area contributed by atoms with E-state index < -0.39 is 16.4 Å². The first-order valence-corrected chi connectivity index (χ1v) is 8.82. The second kappa shape index (κ2) is 6.51. The Kier molecular flexibility index (Phi) is 4.92. The molecular formula is C15H17NO3S2. The Balaban J connectivity index is 2.00. The Morgan fingerprint density at radius 1 is 1.33 bits per heavy atom. The first kappa shape index (κ1) is 15.9. The van der Waals surface area contributed by atoms with Gasteiger partial charge in [0.2, 0.25) is 0 Å². The summed E-state index contributed by atoms with van der Waals surface area (Å²) >= 11 is 1.45. The third-order valence-corrected chi connectivity index (χ3v) is 5.15. The Hall–Kier alpha value is -1.50. The number of hydrogen-bond acceptors (Lipinski definition) is 4. The van der Waals surface area contributed by atoms with Crippen molar-refractivity contribution in [2.24, 2.45) is 0 Å². The highest BCUT2D eigenvalue weighted by molar-refractivity contribution is 7.84. The van der Waals surface area contributed by atoms with E-state index in [1.807, 2.05) is 17.5 Å². The van der Waals surface area contributed by atoms with Gasteiger partial charge >= 0.3 is 0 Å². The van der Waals surface area contributed by atoms with E-state index in [0.717, 1.165) is 4.88 Å². The standard InChI is InChI=1S/C15H17NO3S2/c1-15(18,13-4-3-9-20-13)10-16-14(17)11-5-7-12(8-6-11)21(2)19/h3-9,18H,10H2,1-2H3,(H,16,17). The zero-order chi connectivity index (χ0) is 15.5. The highest BCUT2D eigenvalue weighted by Gasteiger charge is 2.25. The molecule has 2 N–H and O–H groups in total. The largest absolute Gasteiger partial charge is 0.383 e. The summed E-state index contributed by atoms with van der Waals surface area (Å²) in [5.74, 6) is -0.264. The Morgan fingerprint density at radius 2 is 2.00 bits per heavy atom. The molecule has 0 fully saturated rings. The van der Waals surface area contributed by atoms with E-state index in [1.165, 1.54) is 11.3 Å². The highest BCUT2D eigenvalue weighted by atomic mass is 32.2. The van der Waals surface area contributed by atoms with Gasteiger partial charge in [0.1, 0.15) is 5.60 Å². The molecule has 21 heavy (non-hydrogen) atoms. The van der Waals surface area contributed by atoms with Crippen LogP contribution < -0.4 is 5.32 Å². The maximum absolute atomic E-state index is 12.0. The van der Waals surface area contributed by atoms with Crippen molar-refractivity contribution in [3.05, 3.63) is 52.2 Å². The lowest BCUT2D eigenvalue weighted by atomic mass is 10.1.